The molecule has 58 valence electrons. The van der Waals surface area contributed by atoms with Gasteiger partial charge in [0.15, 0.2) is 0 Å². The maximum absolute atomic E-state index is 5.47. The highest BCUT2D eigenvalue weighted by Crippen LogP contribution is 2.20. The van der Waals surface area contributed by atoms with Gasteiger partial charge in [0.1, 0.15) is 0 Å². The molecule has 1 aliphatic rings. The van der Waals surface area contributed by atoms with E-state index in [0.717, 1.165) is 13.0 Å². The summed E-state index contributed by atoms with van der Waals surface area (Å²) in [6.07, 6.45) is 5.37. The minimum Gasteiger partial charge on any atom is -0.374 e. The molecule has 0 bridgehead atoms. The standard InChI is InChI=1S/C9H16O/c1-3-4-5-9-6-8(2)7-10-9/h9H,2-7H2,1H3/t9-/m0/s1. The van der Waals surface area contributed by atoms with Crippen molar-refractivity contribution in [2.75, 3.05) is 6.61 Å². The number of rotatable bonds is 3. The van der Waals surface area contributed by atoms with Crippen LogP contribution in [0.4, 0.5) is 0 Å². The highest BCUT2D eigenvalue weighted by atomic mass is 16.5. The maximum Gasteiger partial charge on any atom is 0.0679 e. The van der Waals surface area contributed by atoms with Gasteiger partial charge in [0.2, 0.25) is 0 Å². The molecular weight excluding hydrogens is 124 g/mol. The summed E-state index contributed by atoms with van der Waals surface area (Å²) in [5.41, 5.74) is 1.26. The van der Waals surface area contributed by atoms with Crippen LogP contribution in [0.25, 0.3) is 0 Å². The van der Waals surface area contributed by atoms with Gasteiger partial charge in [0.25, 0.3) is 0 Å². The van der Waals surface area contributed by atoms with E-state index in [-0.39, 0.29) is 0 Å². The molecule has 1 nitrogen and oxygen atoms in total. The zero-order chi connectivity index (χ0) is 7.40. The van der Waals surface area contributed by atoms with Crippen LogP contribution in [-0.2, 0) is 4.74 Å². The highest BCUT2D eigenvalue weighted by Gasteiger charge is 2.16. The van der Waals surface area contributed by atoms with Gasteiger partial charge in [-0.15, -0.1) is 0 Å². The molecule has 0 saturated carbocycles. The molecular formula is C9H16O. The molecule has 0 unspecified atom stereocenters. The van der Waals surface area contributed by atoms with Gasteiger partial charge in [0.05, 0.1) is 12.7 Å². The minimum absolute atomic E-state index is 0.493. The zero-order valence-electron chi connectivity index (χ0n) is 6.73. The summed E-state index contributed by atoms with van der Waals surface area (Å²) in [4.78, 5) is 0. The second-order valence-corrected chi connectivity index (χ2v) is 3.03. The maximum atomic E-state index is 5.47. The Kier molecular flexibility index (Phi) is 2.94. The average molecular weight is 140 g/mol. The van der Waals surface area contributed by atoms with E-state index >= 15 is 0 Å². The molecule has 1 aliphatic heterocycles. The van der Waals surface area contributed by atoms with Gasteiger partial charge in [-0.05, 0) is 18.4 Å². The molecule has 1 saturated heterocycles. The first-order valence-corrected chi connectivity index (χ1v) is 4.11. The topological polar surface area (TPSA) is 9.23 Å². The molecule has 1 rings (SSSR count). The Morgan fingerprint density at radius 1 is 1.70 bits per heavy atom. The molecule has 10 heavy (non-hydrogen) atoms. The van der Waals surface area contributed by atoms with Crippen LogP contribution in [0.5, 0.6) is 0 Å². The van der Waals surface area contributed by atoms with E-state index in [0.29, 0.717) is 6.10 Å². The predicted octanol–water partition coefficient (Wildman–Crippen LogP) is 2.52. The lowest BCUT2D eigenvalue weighted by Gasteiger charge is -2.05. The monoisotopic (exact) mass is 140 g/mol. The summed E-state index contributed by atoms with van der Waals surface area (Å²) < 4.78 is 5.47. The lowest BCUT2D eigenvalue weighted by Crippen LogP contribution is -2.03. The molecule has 0 amide bonds. The summed E-state index contributed by atoms with van der Waals surface area (Å²) in [5, 5.41) is 0. The van der Waals surface area contributed by atoms with Gasteiger partial charge in [-0.3, -0.25) is 0 Å². The molecule has 0 radical (unpaired) electrons. The third-order valence-corrected chi connectivity index (χ3v) is 1.92. The first kappa shape index (κ1) is 7.80. The van der Waals surface area contributed by atoms with Gasteiger partial charge in [0, 0.05) is 0 Å². The number of hydrogen-bond donors (Lipinski definition) is 0. The molecule has 0 aromatic rings. The molecule has 0 aromatic heterocycles. The van der Waals surface area contributed by atoms with Crippen molar-refractivity contribution in [3.8, 4) is 0 Å². The summed E-state index contributed by atoms with van der Waals surface area (Å²) in [6, 6.07) is 0. The van der Waals surface area contributed by atoms with E-state index < -0.39 is 0 Å². The SMILES string of the molecule is C=C1CO[C@@H](CCCC)C1. The molecule has 1 atom stereocenters. The Morgan fingerprint density at radius 3 is 3.00 bits per heavy atom. The van der Waals surface area contributed by atoms with Crippen molar-refractivity contribution in [1.82, 2.24) is 0 Å². The Labute approximate surface area is 63.1 Å². The third-order valence-electron chi connectivity index (χ3n) is 1.92. The van der Waals surface area contributed by atoms with Crippen LogP contribution in [0.1, 0.15) is 32.6 Å². The van der Waals surface area contributed by atoms with Crippen LogP contribution in [-0.4, -0.2) is 12.7 Å². The molecule has 0 N–H and O–H groups in total. The van der Waals surface area contributed by atoms with Crippen molar-refractivity contribution in [3.63, 3.8) is 0 Å². The van der Waals surface area contributed by atoms with Crippen molar-refractivity contribution in [2.45, 2.75) is 38.7 Å². The normalized spacial score (nSPS) is 25.7. The van der Waals surface area contributed by atoms with Crippen LogP contribution in [0.15, 0.2) is 12.2 Å². The highest BCUT2D eigenvalue weighted by molar-refractivity contribution is 5.01. The first-order chi connectivity index (χ1) is 4.83. The molecule has 1 fully saturated rings. The first-order valence-electron chi connectivity index (χ1n) is 4.11. The molecule has 0 spiro atoms. The van der Waals surface area contributed by atoms with E-state index in [9.17, 15) is 0 Å². The Morgan fingerprint density at radius 2 is 2.50 bits per heavy atom. The van der Waals surface area contributed by atoms with Crippen LogP contribution >= 0.6 is 0 Å². The quantitative estimate of drug-likeness (QED) is 0.547. The third kappa shape index (κ3) is 2.14. The summed E-state index contributed by atoms with van der Waals surface area (Å²) in [7, 11) is 0. The van der Waals surface area contributed by atoms with Crippen molar-refractivity contribution in [2.24, 2.45) is 0 Å². The Hall–Kier alpha value is -0.300. The van der Waals surface area contributed by atoms with E-state index in [1.165, 1.54) is 24.8 Å². The van der Waals surface area contributed by atoms with Crippen LogP contribution in [0.3, 0.4) is 0 Å². The number of ether oxygens (including phenoxy) is 1. The van der Waals surface area contributed by atoms with Gasteiger partial charge in [-0.2, -0.15) is 0 Å². The molecule has 0 aliphatic carbocycles. The van der Waals surface area contributed by atoms with Crippen molar-refractivity contribution in [3.05, 3.63) is 12.2 Å². The van der Waals surface area contributed by atoms with E-state index in [1.807, 2.05) is 0 Å². The Bertz CT molecular complexity index is 118. The minimum atomic E-state index is 0.493. The lowest BCUT2D eigenvalue weighted by molar-refractivity contribution is 0.105. The van der Waals surface area contributed by atoms with E-state index in [1.54, 1.807) is 0 Å². The average Bonchev–Trinajstić information content (AvgIpc) is 2.31. The molecule has 1 heterocycles. The van der Waals surface area contributed by atoms with Crippen LogP contribution in [0.2, 0.25) is 0 Å². The summed E-state index contributed by atoms with van der Waals surface area (Å²) in [5.74, 6) is 0. The largest absolute Gasteiger partial charge is 0.374 e. The second-order valence-electron chi connectivity index (χ2n) is 3.03. The van der Waals surface area contributed by atoms with E-state index in [2.05, 4.69) is 13.5 Å². The van der Waals surface area contributed by atoms with Gasteiger partial charge in [-0.25, -0.2) is 0 Å². The van der Waals surface area contributed by atoms with Gasteiger partial charge < -0.3 is 4.74 Å². The summed E-state index contributed by atoms with van der Waals surface area (Å²) in [6.45, 7) is 6.90. The van der Waals surface area contributed by atoms with Crippen molar-refractivity contribution in [1.29, 1.82) is 0 Å². The molecule has 1 heteroatoms. The van der Waals surface area contributed by atoms with Crippen molar-refractivity contribution >= 4 is 0 Å². The number of hydrogen-bond acceptors (Lipinski definition) is 1. The molecule has 0 aromatic carbocycles. The Balaban J connectivity index is 2.12. The van der Waals surface area contributed by atoms with Gasteiger partial charge >= 0.3 is 0 Å². The lowest BCUT2D eigenvalue weighted by atomic mass is 10.1. The van der Waals surface area contributed by atoms with Crippen LogP contribution < -0.4 is 0 Å². The predicted molar refractivity (Wildman–Crippen MR) is 43.0 cm³/mol. The smallest absolute Gasteiger partial charge is 0.0679 e. The van der Waals surface area contributed by atoms with Crippen molar-refractivity contribution < 1.29 is 4.74 Å². The van der Waals surface area contributed by atoms with Crippen LogP contribution in [0, 0.1) is 0 Å². The number of unbranched alkanes of at least 4 members (excludes halogenated alkanes) is 1. The van der Waals surface area contributed by atoms with Gasteiger partial charge in [-0.1, -0.05) is 26.3 Å². The van der Waals surface area contributed by atoms with E-state index in [4.69, 9.17) is 4.74 Å². The fraction of sp³-hybridized carbons (Fsp3) is 0.778. The fourth-order valence-electron chi connectivity index (χ4n) is 1.29. The summed E-state index contributed by atoms with van der Waals surface area (Å²) >= 11 is 0. The second kappa shape index (κ2) is 3.77. The fourth-order valence-corrected chi connectivity index (χ4v) is 1.29. The zero-order valence-corrected chi connectivity index (χ0v) is 6.73.